The highest BCUT2D eigenvalue weighted by Crippen LogP contribution is 2.33. The Kier molecular flexibility index (Phi) is 7.20. The summed E-state index contributed by atoms with van der Waals surface area (Å²) in [7, 11) is 0. The summed E-state index contributed by atoms with van der Waals surface area (Å²) in [5, 5.41) is 1.16. The van der Waals surface area contributed by atoms with E-state index in [0.29, 0.717) is 45.3 Å². The zero-order chi connectivity index (χ0) is 22.6. The number of ether oxygens (including phenoxy) is 1. The van der Waals surface area contributed by atoms with Crippen LogP contribution in [-0.4, -0.2) is 115 Å². The van der Waals surface area contributed by atoms with Gasteiger partial charge in [0.15, 0.2) is 0 Å². The number of thiazole rings is 1. The Morgan fingerprint density at radius 2 is 1.58 bits per heavy atom. The second kappa shape index (κ2) is 10.5. The highest BCUT2D eigenvalue weighted by Gasteiger charge is 2.29. The highest BCUT2D eigenvalue weighted by molar-refractivity contribution is 7.18. The predicted octanol–water partition coefficient (Wildman–Crippen LogP) is 1.48. The number of carbonyl (C=O) groups excluding carboxylic acids is 2. The van der Waals surface area contributed by atoms with Gasteiger partial charge in [-0.3, -0.25) is 19.4 Å². The van der Waals surface area contributed by atoms with Gasteiger partial charge in [-0.2, -0.15) is 0 Å². The number of hydrogen-bond acceptors (Lipinski definition) is 7. The number of amides is 2. The molecule has 0 saturated carbocycles. The predicted molar refractivity (Wildman–Crippen MR) is 128 cm³/mol. The first kappa shape index (κ1) is 22.7. The number of morpholine rings is 1. The number of para-hydroxylation sites is 1. The summed E-state index contributed by atoms with van der Waals surface area (Å²) in [6, 6.07) is 8.27. The van der Waals surface area contributed by atoms with Gasteiger partial charge in [0, 0.05) is 58.3 Å². The van der Waals surface area contributed by atoms with Gasteiger partial charge in [0.05, 0.1) is 41.5 Å². The van der Waals surface area contributed by atoms with Gasteiger partial charge >= 0.3 is 0 Å². The summed E-state index contributed by atoms with van der Waals surface area (Å²) < 4.78 is 6.56. The van der Waals surface area contributed by atoms with E-state index in [1.54, 1.807) is 11.3 Å². The molecule has 4 heterocycles. The molecule has 1 aromatic carbocycles. The molecule has 3 aliphatic rings. The van der Waals surface area contributed by atoms with Gasteiger partial charge in [-0.25, -0.2) is 4.98 Å². The van der Waals surface area contributed by atoms with Crippen LogP contribution in [0.1, 0.15) is 23.8 Å². The number of piperidine rings is 1. The summed E-state index contributed by atoms with van der Waals surface area (Å²) in [6.45, 7) is 8.54. The van der Waals surface area contributed by atoms with Crippen molar-refractivity contribution in [1.82, 2.24) is 24.6 Å². The molecule has 1 atom stereocenters. The van der Waals surface area contributed by atoms with Crippen LogP contribution in [0.25, 0.3) is 10.2 Å². The smallest absolute Gasteiger partial charge is 0.236 e. The van der Waals surface area contributed by atoms with Crippen molar-refractivity contribution >= 4 is 33.4 Å². The van der Waals surface area contributed by atoms with Crippen molar-refractivity contribution in [3.05, 3.63) is 29.3 Å². The summed E-state index contributed by atoms with van der Waals surface area (Å²) >= 11 is 1.77. The number of likely N-dealkylation sites (tertiary alicyclic amines) is 1. The Balaban J connectivity index is 1.08. The molecule has 2 amide bonds. The third kappa shape index (κ3) is 5.54. The fourth-order valence-corrected chi connectivity index (χ4v) is 6.06. The summed E-state index contributed by atoms with van der Waals surface area (Å²) in [4.78, 5) is 38.8. The fourth-order valence-electron chi connectivity index (χ4n) is 4.97. The van der Waals surface area contributed by atoms with Gasteiger partial charge in [-0.1, -0.05) is 12.1 Å². The number of carbonyl (C=O) groups is 2. The standard InChI is InChI=1S/C24H33N5O3S/c30-22(28-12-14-32-15-13-28)17-26-8-10-27(11-9-26)18-23(31)29-7-3-4-19(16-29)24-25-20-5-1-2-6-21(20)33-24/h1-2,5-6,19H,3-4,7-18H2. The van der Waals surface area contributed by atoms with E-state index in [1.165, 1.54) is 4.70 Å². The van der Waals surface area contributed by atoms with Crippen LogP contribution >= 0.6 is 11.3 Å². The Hall–Kier alpha value is -2.07. The zero-order valence-electron chi connectivity index (χ0n) is 19.2. The topological polar surface area (TPSA) is 69.2 Å². The van der Waals surface area contributed by atoms with Crippen molar-refractivity contribution in [2.45, 2.75) is 18.8 Å². The molecule has 0 bridgehead atoms. The Bertz CT molecular complexity index is 935. The van der Waals surface area contributed by atoms with Crippen LogP contribution in [0.2, 0.25) is 0 Å². The van der Waals surface area contributed by atoms with E-state index < -0.39 is 0 Å². The van der Waals surface area contributed by atoms with Crippen molar-refractivity contribution in [2.75, 3.05) is 78.7 Å². The van der Waals surface area contributed by atoms with Crippen molar-refractivity contribution in [3.63, 3.8) is 0 Å². The van der Waals surface area contributed by atoms with Gasteiger partial charge in [0.1, 0.15) is 0 Å². The molecule has 1 aromatic heterocycles. The van der Waals surface area contributed by atoms with Gasteiger partial charge in [-0.05, 0) is 25.0 Å². The van der Waals surface area contributed by atoms with Crippen molar-refractivity contribution in [1.29, 1.82) is 0 Å². The van der Waals surface area contributed by atoms with Gasteiger partial charge in [0.25, 0.3) is 0 Å². The van der Waals surface area contributed by atoms with Crippen molar-refractivity contribution in [2.24, 2.45) is 0 Å². The molecule has 178 valence electrons. The molecule has 8 nitrogen and oxygen atoms in total. The lowest BCUT2D eigenvalue weighted by Gasteiger charge is -2.37. The molecular weight excluding hydrogens is 438 g/mol. The molecule has 3 saturated heterocycles. The highest BCUT2D eigenvalue weighted by atomic mass is 32.1. The number of fused-ring (bicyclic) bond motifs is 1. The van der Waals surface area contributed by atoms with Gasteiger partial charge in [-0.15, -0.1) is 11.3 Å². The average molecular weight is 472 g/mol. The first-order valence-electron chi connectivity index (χ1n) is 12.1. The minimum atomic E-state index is 0.192. The van der Waals surface area contributed by atoms with E-state index in [1.807, 2.05) is 15.9 Å². The Labute approximate surface area is 199 Å². The maximum Gasteiger partial charge on any atom is 0.236 e. The molecular formula is C24H33N5O3S. The SMILES string of the molecule is O=C(CN1CCN(CC(=O)N2CCCC(c3nc4ccccc4s3)C2)CC1)N1CCOCC1. The molecule has 5 rings (SSSR count). The summed E-state index contributed by atoms with van der Waals surface area (Å²) in [5.74, 6) is 0.749. The van der Waals surface area contributed by atoms with Crippen LogP contribution in [0.15, 0.2) is 24.3 Å². The third-order valence-electron chi connectivity index (χ3n) is 6.98. The van der Waals surface area contributed by atoms with E-state index in [9.17, 15) is 9.59 Å². The van der Waals surface area contributed by atoms with E-state index in [-0.39, 0.29) is 11.8 Å². The van der Waals surface area contributed by atoms with Crippen molar-refractivity contribution in [3.8, 4) is 0 Å². The maximum absolute atomic E-state index is 13.1. The van der Waals surface area contributed by atoms with Gasteiger partial charge in [0.2, 0.25) is 11.8 Å². The molecule has 0 aliphatic carbocycles. The lowest BCUT2D eigenvalue weighted by atomic mass is 9.98. The first-order chi connectivity index (χ1) is 16.2. The molecule has 0 N–H and O–H groups in total. The first-order valence-corrected chi connectivity index (χ1v) is 12.9. The number of benzene rings is 1. The van der Waals surface area contributed by atoms with E-state index in [4.69, 9.17) is 9.72 Å². The van der Waals surface area contributed by atoms with Crippen molar-refractivity contribution < 1.29 is 14.3 Å². The monoisotopic (exact) mass is 471 g/mol. The molecule has 0 radical (unpaired) electrons. The molecule has 9 heteroatoms. The van der Waals surface area contributed by atoms with E-state index in [0.717, 1.165) is 62.6 Å². The van der Waals surface area contributed by atoms with Crippen LogP contribution < -0.4 is 0 Å². The second-order valence-corrected chi connectivity index (χ2v) is 10.3. The quantitative estimate of drug-likeness (QED) is 0.658. The van der Waals surface area contributed by atoms with E-state index >= 15 is 0 Å². The molecule has 2 aromatic rings. The molecule has 33 heavy (non-hydrogen) atoms. The molecule has 1 unspecified atom stereocenters. The van der Waals surface area contributed by atoms with Gasteiger partial charge < -0.3 is 14.5 Å². The van der Waals surface area contributed by atoms with Crippen LogP contribution in [0.3, 0.4) is 0 Å². The molecule has 3 aliphatic heterocycles. The minimum Gasteiger partial charge on any atom is -0.378 e. The summed E-state index contributed by atoms with van der Waals surface area (Å²) in [6.07, 6.45) is 2.13. The number of aromatic nitrogens is 1. The lowest BCUT2D eigenvalue weighted by molar-refractivity contribution is -0.138. The fraction of sp³-hybridized carbons (Fsp3) is 0.625. The van der Waals surface area contributed by atoms with Crippen LogP contribution in [0, 0.1) is 0 Å². The van der Waals surface area contributed by atoms with Crippen LogP contribution in [0.4, 0.5) is 0 Å². The Morgan fingerprint density at radius 1 is 0.909 bits per heavy atom. The van der Waals surface area contributed by atoms with E-state index in [2.05, 4.69) is 28.0 Å². The lowest BCUT2D eigenvalue weighted by Crippen LogP contribution is -2.53. The normalized spacial score (nSPS) is 23.2. The molecule has 3 fully saturated rings. The molecule has 0 spiro atoms. The zero-order valence-corrected chi connectivity index (χ0v) is 20.0. The van der Waals surface area contributed by atoms with Crippen LogP contribution in [0.5, 0.6) is 0 Å². The number of rotatable bonds is 5. The maximum atomic E-state index is 13.1. The number of nitrogens with zero attached hydrogens (tertiary/aromatic N) is 5. The number of hydrogen-bond donors (Lipinski definition) is 0. The minimum absolute atomic E-state index is 0.192. The Morgan fingerprint density at radius 3 is 2.27 bits per heavy atom. The summed E-state index contributed by atoms with van der Waals surface area (Å²) in [5.41, 5.74) is 1.06. The largest absolute Gasteiger partial charge is 0.378 e. The second-order valence-electron chi connectivity index (χ2n) is 9.24. The third-order valence-corrected chi connectivity index (χ3v) is 8.18. The van der Waals surface area contributed by atoms with Crippen LogP contribution in [-0.2, 0) is 14.3 Å². The average Bonchev–Trinajstić information content (AvgIpc) is 3.30. The number of piperazine rings is 1.